The number of nitrogens with one attached hydrogen (secondary N) is 1. The Hall–Kier alpha value is -3.16. The summed E-state index contributed by atoms with van der Waals surface area (Å²) in [6.45, 7) is 4.06. The van der Waals surface area contributed by atoms with E-state index in [9.17, 15) is 14.4 Å². The molecule has 0 spiro atoms. The number of aromatic carboxylic acids is 3. The average molecular weight is 320 g/mol. The van der Waals surface area contributed by atoms with Crippen molar-refractivity contribution in [3.8, 4) is 0 Å². The van der Waals surface area contributed by atoms with Crippen LogP contribution in [-0.2, 0) is 6.42 Å². The number of imidazole rings is 1. The number of nitrogens with zero attached hydrogens (tertiary/aromatic N) is 1. The highest BCUT2D eigenvalue weighted by molar-refractivity contribution is 5.98. The van der Waals surface area contributed by atoms with Gasteiger partial charge in [0.25, 0.3) is 0 Å². The number of aromatic nitrogens is 2. The molecule has 1 aromatic carbocycles. The molecule has 8 nitrogen and oxygen atoms in total. The van der Waals surface area contributed by atoms with Crippen LogP contribution in [0, 0.1) is 6.92 Å². The van der Waals surface area contributed by atoms with Crippen LogP contribution in [0.4, 0.5) is 0 Å². The zero-order valence-electron chi connectivity index (χ0n) is 12.5. The lowest BCUT2D eigenvalue weighted by Gasteiger charge is -2.00. The molecular formula is C15H16N2O6. The van der Waals surface area contributed by atoms with E-state index in [1.54, 1.807) is 0 Å². The van der Waals surface area contributed by atoms with Crippen LogP contribution < -0.4 is 0 Å². The van der Waals surface area contributed by atoms with Crippen LogP contribution in [0.2, 0.25) is 0 Å². The van der Waals surface area contributed by atoms with Crippen LogP contribution in [-0.4, -0.2) is 43.2 Å². The van der Waals surface area contributed by atoms with Gasteiger partial charge in [-0.3, -0.25) is 0 Å². The minimum Gasteiger partial charge on any atom is -0.478 e. The van der Waals surface area contributed by atoms with Gasteiger partial charge in [0.1, 0.15) is 5.82 Å². The molecule has 122 valence electrons. The summed E-state index contributed by atoms with van der Waals surface area (Å²) in [5.41, 5.74) is 0.106. The predicted molar refractivity (Wildman–Crippen MR) is 80.0 cm³/mol. The molecule has 8 heteroatoms. The van der Waals surface area contributed by atoms with Crippen molar-refractivity contribution < 1.29 is 29.7 Å². The van der Waals surface area contributed by atoms with Crippen LogP contribution in [0.15, 0.2) is 24.4 Å². The molecule has 0 aliphatic carbocycles. The molecule has 0 fully saturated rings. The van der Waals surface area contributed by atoms with Crippen molar-refractivity contribution in [2.24, 2.45) is 0 Å². The molecule has 0 unspecified atom stereocenters. The van der Waals surface area contributed by atoms with E-state index in [2.05, 4.69) is 16.9 Å². The number of carboxylic acids is 3. The summed E-state index contributed by atoms with van der Waals surface area (Å²) < 4.78 is 0. The van der Waals surface area contributed by atoms with E-state index in [-0.39, 0.29) is 16.7 Å². The number of carboxylic acid groups (broad SMARTS) is 3. The van der Waals surface area contributed by atoms with Gasteiger partial charge in [-0.05, 0) is 31.5 Å². The maximum atomic E-state index is 10.6. The topological polar surface area (TPSA) is 141 Å². The van der Waals surface area contributed by atoms with E-state index in [0.717, 1.165) is 30.4 Å². The number of hydrogen-bond acceptors (Lipinski definition) is 4. The monoisotopic (exact) mass is 320 g/mol. The van der Waals surface area contributed by atoms with Gasteiger partial charge >= 0.3 is 17.9 Å². The smallest absolute Gasteiger partial charge is 0.335 e. The second-order valence-electron chi connectivity index (χ2n) is 4.56. The van der Waals surface area contributed by atoms with Crippen molar-refractivity contribution in [3.63, 3.8) is 0 Å². The molecule has 23 heavy (non-hydrogen) atoms. The molecule has 2 rings (SSSR count). The molecule has 1 aromatic heterocycles. The Kier molecular flexibility index (Phi) is 6.02. The fraction of sp³-hybridized carbons (Fsp3) is 0.200. The number of aromatic amines is 1. The van der Waals surface area contributed by atoms with Gasteiger partial charge in [-0.15, -0.1) is 0 Å². The molecule has 0 saturated heterocycles. The lowest BCUT2D eigenvalue weighted by Crippen LogP contribution is -2.07. The van der Waals surface area contributed by atoms with Crippen LogP contribution in [0.25, 0.3) is 0 Å². The van der Waals surface area contributed by atoms with E-state index in [1.165, 1.54) is 5.69 Å². The lowest BCUT2D eigenvalue weighted by atomic mass is 10.1. The van der Waals surface area contributed by atoms with Crippen LogP contribution in [0.5, 0.6) is 0 Å². The second-order valence-corrected chi connectivity index (χ2v) is 4.56. The number of benzene rings is 1. The van der Waals surface area contributed by atoms with Crippen molar-refractivity contribution in [2.45, 2.75) is 20.3 Å². The fourth-order valence-corrected chi connectivity index (χ4v) is 1.65. The van der Waals surface area contributed by atoms with Crippen LogP contribution in [0.1, 0.15) is 49.5 Å². The normalized spacial score (nSPS) is 9.65. The summed E-state index contributed by atoms with van der Waals surface area (Å²) in [6, 6.07) is 2.70. The number of carbonyl (C=O) groups is 3. The Bertz CT molecular complexity index is 656. The summed E-state index contributed by atoms with van der Waals surface area (Å²) in [6.07, 6.45) is 2.91. The Morgan fingerprint density at radius 1 is 0.957 bits per heavy atom. The first-order chi connectivity index (χ1) is 10.7. The first kappa shape index (κ1) is 17.9. The largest absolute Gasteiger partial charge is 0.478 e. The van der Waals surface area contributed by atoms with Crippen molar-refractivity contribution in [1.29, 1.82) is 0 Å². The minimum atomic E-state index is -1.37. The zero-order chi connectivity index (χ0) is 17.6. The number of hydrogen-bond donors (Lipinski definition) is 4. The van der Waals surface area contributed by atoms with Gasteiger partial charge in [0.15, 0.2) is 0 Å². The number of rotatable bonds is 4. The molecule has 0 bridgehead atoms. The van der Waals surface area contributed by atoms with Gasteiger partial charge in [-0.1, -0.05) is 6.92 Å². The summed E-state index contributed by atoms with van der Waals surface area (Å²) in [4.78, 5) is 38.8. The SMILES string of the molecule is CCc1cnc(C)[nH]1.O=C(O)c1cc(C(=O)O)cc(C(=O)O)c1. The molecular weight excluding hydrogens is 304 g/mol. The van der Waals surface area contributed by atoms with Crippen molar-refractivity contribution in [1.82, 2.24) is 9.97 Å². The quantitative estimate of drug-likeness (QED) is 0.675. The van der Waals surface area contributed by atoms with Crippen molar-refractivity contribution >= 4 is 17.9 Å². The number of H-pyrrole nitrogens is 1. The third kappa shape index (κ3) is 5.27. The first-order valence-corrected chi connectivity index (χ1v) is 6.60. The standard InChI is InChI=1S/C9H6O6.C6H10N2/c10-7(11)4-1-5(8(12)13)3-6(2-4)9(14)15;1-3-6-4-7-5(2)8-6/h1-3H,(H,10,11)(H,12,13)(H,14,15);4H,3H2,1-2H3,(H,7,8). The molecule has 0 atom stereocenters. The fourth-order valence-electron chi connectivity index (χ4n) is 1.65. The molecule has 4 N–H and O–H groups in total. The molecule has 0 radical (unpaired) electrons. The maximum Gasteiger partial charge on any atom is 0.335 e. The second kappa shape index (κ2) is 7.74. The Labute approximate surface area is 131 Å². The molecule has 0 saturated carbocycles. The lowest BCUT2D eigenvalue weighted by molar-refractivity contribution is 0.0696. The summed E-state index contributed by atoms with van der Waals surface area (Å²) >= 11 is 0. The molecule has 0 amide bonds. The third-order valence-electron chi connectivity index (χ3n) is 2.81. The van der Waals surface area contributed by atoms with Gasteiger partial charge in [0, 0.05) is 11.9 Å². The average Bonchev–Trinajstić information content (AvgIpc) is 2.93. The summed E-state index contributed by atoms with van der Waals surface area (Å²) in [7, 11) is 0. The van der Waals surface area contributed by atoms with Gasteiger partial charge < -0.3 is 20.3 Å². The molecule has 0 aliphatic rings. The predicted octanol–water partition coefficient (Wildman–Crippen LogP) is 2.06. The summed E-state index contributed by atoms with van der Waals surface area (Å²) in [5, 5.41) is 25.8. The highest BCUT2D eigenvalue weighted by Crippen LogP contribution is 2.11. The van der Waals surface area contributed by atoms with Gasteiger partial charge in [0.2, 0.25) is 0 Å². The third-order valence-corrected chi connectivity index (χ3v) is 2.81. The van der Waals surface area contributed by atoms with E-state index < -0.39 is 17.9 Å². The van der Waals surface area contributed by atoms with Crippen molar-refractivity contribution in [3.05, 3.63) is 52.6 Å². The van der Waals surface area contributed by atoms with Gasteiger partial charge in [-0.25, -0.2) is 19.4 Å². The highest BCUT2D eigenvalue weighted by atomic mass is 16.4. The Morgan fingerprint density at radius 2 is 1.35 bits per heavy atom. The Morgan fingerprint density at radius 3 is 1.52 bits per heavy atom. The molecule has 2 aromatic rings. The van der Waals surface area contributed by atoms with Crippen molar-refractivity contribution in [2.75, 3.05) is 0 Å². The molecule has 1 heterocycles. The Balaban J connectivity index is 0.000000277. The summed E-state index contributed by atoms with van der Waals surface area (Å²) in [5.74, 6) is -3.12. The van der Waals surface area contributed by atoms with E-state index in [4.69, 9.17) is 15.3 Å². The maximum absolute atomic E-state index is 10.6. The first-order valence-electron chi connectivity index (χ1n) is 6.60. The van der Waals surface area contributed by atoms with E-state index in [0.29, 0.717) is 0 Å². The van der Waals surface area contributed by atoms with Crippen LogP contribution in [0.3, 0.4) is 0 Å². The minimum absolute atomic E-state index is 0.368. The van der Waals surface area contributed by atoms with Gasteiger partial charge in [-0.2, -0.15) is 0 Å². The zero-order valence-corrected chi connectivity index (χ0v) is 12.5. The van der Waals surface area contributed by atoms with E-state index >= 15 is 0 Å². The number of aryl methyl sites for hydroxylation is 2. The highest BCUT2D eigenvalue weighted by Gasteiger charge is 2.14. The van der Waals surface area contributed by atoms with Crippen LogP contribution >= 0.6 is 0 Å². The van der Waals surface area contributed by atoms with E-state index in [1.807, 2.05) is 13.1 Å². The van der Waals surface area contributed by atoms with Gasteiger partial charge in [0.05, 0.1) is 16.7 Å². The molecule has 0 aliphatic heterocycles.